The molecule has 10 heteroatoms. The second-order valence-corrected chi connectivity index (χ2v) is 19.5. The highest BCUT2D eigenvalue weighted by atomic mass is 16.7. The minimum absolute atomic E-state index is 0.251. The molecule has 1 rings (SSSR count). The molecule has 1 heterocycles. The lowest BCUT2D eigenvalue weighted by molar-refractivity contribution is -0.303. The Hall–Kier alpha value is -0.850. The van der Waals surface area contributed by atoms with Gasteiger partial charge in [-0.05, 0) is 12.8 Å². The number of unbranched alkanes of at least 4 members (excludes halogenated alkanes) is 36. The molecule has 0 radical (unpaired) electrons. The van der Waals surface area contributed by atoms with Crippen LogP contribution >= 0.6 is 0 Å². The summed E-state index contributed by atoms with van der Waals surface area (Å²) in [6.07, 6.45) is 39.8. The molecule has 7 N–H and O–H groups in total. The first kappa shape index (κ1) is 60.2. The van der Waals surface area contributed by atoms with E-state index in [9.17, 15) is 35.4 Å². The molecule has 1 aliphatic heterocycles. The summed E-state index contributed by atoms with van der Waals surface area (Å²) in [7, 11) is 0. The molecule has 0 bridgehead atoms. The van der Waals surface area contributed by atoms with Crippen LogP contribution in [0.1, 0.15) is 271 Å². The number of aliphatic hydroxyl groups excluding tert-OH is 6. The van der Waals surface area contributed by atoms with Gasteiger partial charge in [-0.3, -0.25) is 4.79 Å². The molecule has 0 spiro atoms. The number of carbonyl (C=O) groups excluding carboxylic acids is 1. The number of nitrogens with one attached hydrogen (secondary N) is 1. The molecule has 1 aliphatic rings. The first-order valence-electron chi connectivity index (χ1n) is 27.3. The van der Waals surface area contributed by atoms with Crippen LogP contribution in [0.2, 0.25) is 0 Å². The monoisotopic (exact) mass is 900 g/mol. The molecule has 8 atom stereocenters. The summed E-state index contributed by atoms with van der Waals surface area (Å²) in [6.45, 7) is 3.64. The zero-order chi connectivity index (χ0) is 46.0. The molecule has 376 valence electrons. The van der Waals surface area contributed by atoms with Crippen molar-refractivity contribution in [2.45, 2.75) is 320 Å². The van der Waals surface area contributed by atoms with Gasteiger partial charge in [-0.25, -0.2) is 0 Å². The van der Waals surface area contributed by atoms with Crippen molar-refractivity contribution in [3.8, 4) is 0 Å². The molecule has 0 aromatic rings. The predicted octanol–water partition coefficient (Wildman–Crippen LogP) is 11.7. The molecule has 63 heavy (non-hydrogen) atoms. The summed E-state index contributed by atoms with van der Waals surface area (Å²) in [5.74, 6) is -0.251. The van der Waals surface area contributed by atoms with E-state index in [-0.39, 0.29) is 18.9 Å². The van der Waals surface area contributed by atoms with Crippen LogP contribution < -0.4 is 5.32 Å². The number of ether oxygens (including phenoxy) is 2. The topological polar surface area (TPSA) is 169 Å². The number of amides is 1. The summed E-state index contributed by atoms with van der Waals surface area (Å²) in [4.78, 5) is 13.1. The van der Waals surface area contributed by atoms with E-state index in [1.165, 1.54) is 205 Å². The van der Waals surface area contributed by atoms with Crippen LogP contribution in [0.15, 0.2) is 0 Å². The van der Waals surface area contributed by atoms with Crippen molar-refractivity contribution in [1.82, 2.24) is 5.32 Å². The number of rotatable bonds is 47. The van der Waals surface area contributed by atoms with Gasteiger partial charge in [-0.2, -0.15) is 0 Å². The number of hydrogen-bond donors (Lipinski definition) is 7. The third kappa shape index (κ3) is 33.3. The highest BCUT2D eigenvalue weighted by Crippen LogP contribution is 2.23. The molecular weight excluding hydrogens is 795 g/mol. The second kappa shape index (κ2) is 43.7. The fraction of sp³-hybridized carbons (Fsp3) is 0.981. The van der Waals surface area contributed by atoms with Gasteiger partial charge in [0.05, 0.1) is 25.4 Å². The van der Waals surface area contributed by atoms with E-state index in [1.54, 1.807) is 0 Å². The minimum Gasteiger partial charge on any atom is -0.394 e. The van der Waals surface area contributed by atoms with Crippen molar-refractivity contribution in [3.63, 3.8) is 0 Å². The maximum atomic E-state index is 13.1. The molecule has 1 amide bonds. The van der Waals surface area contributed by atoms with Crippen molar-refractivity contribution >= 4 is 5.91 Å². The molecule has 0 saturated carbocycles. The summed E-state index contributed by atoms with van der Waals surface area (Å²) in [5.41, 5.74) is 0. The normalized spacial score (nSPS) is 20.5. The van der Waals surface area contributed by atoms with Crippen molar-refractivity contribution in [2.24, 2.45) is 0 Å². The van der Waals surface area contributed by atoms with Gasteiger partial charge >= 0.3 is 0 Å². The third-order valence-electron chi connectivity index (χ3n) is 13.6. The number of carbonyl (C=O) groups is 1. The molecule has 10 nitrogen and oxygen atoms in total. The van der Waals surface area contributed by atoms with Crippen molar-refractivity contribution in [1.29, 1.82) is 0 Å². The molecule has 1 fully saturated rings. The van der Waals surface area contributed by atoms with Gasteiger partial charge < -0.3 is 45.4 Å². The van der Waals surface area contributed by atoms with Crippen LogP contribution in [0.4, 0.5) is 0 Å². The van der Waals surface area contributed by atoms with Gasteiger partial charge in [-0.15, -0.1) is 0 Å². The Morgan fingerprint density at radius 3 is 1.17 bits per heavy atom. The van der Waals surface area contributed by atoms with Gasteiger partial charge in [0.1, 0.15) is 30.5 Å². The van der Waals surface area contributed by atoms with Crippen molar-refractivity contribution in [2.75, 3.05) is 13.2 Å². The van der Waals surface area contributed by atoms with E-state index in [0.29, 0.717) is 6.42 Å². The van der Waals surface area contributed by atoms with Crippen LogP contribution in [-0.4, -0.2) is 98.7 Å². The molecule has 1 saturated heterocycles. The first-order valence-corrected chi connectivity index (χ1v) is 27.3. The van der Waals surface area contributed by atoms with Gasteiger partial charge in [-0.1, -0.05) is 251 Å². The Bertz CT molecular complexity index is 973. The van der Waals surface area contributed by atoms with E-state index in [1.807, 2.05) is 0 Å². The van der Waals surface area contributed by atoms with E-state index in [4.69, 9.17) is 9.47 Å². The van der Waals surface area contributed by atoms with E-state index in [0.717, 1.165) is 38.5 Å². The average Bonchev–Trinajstić information content (AvgIpc) is 3.28. The Morgan fingerprint density at radius 1 is 0.492 bits per heavy atom. The number of hydrogen-bond acceptors (Lipinski definition) is 9. The molecule has 0 aromatic heterocycles. The predicted molar refractivity (Wildman–Crippen MR) is 260 cm³/mol. The average molecular weight is 900 g/mol. The summed E-state index contributed by atoms with van der Waals surface area (Å²) >= 11 is 0. The fourth-order valence-corrected chi connectivity index (χ4v) is 9.14. The second-order valence-electron chi connectivity index (χ2n) is 19.5. The summed E-state index contributed by atoms with van der Waals surface area (Å²) in [6, 6.07) is -0.985. The zero-order valence-electron chi connectivity index (χ0n) is 41.2. The van der Waals surface area contributed by atoms with E-state index in [2.05, 4.69) is 19.2 Å². The Balaban J connectivity index is 2.25. The smallest absolute Gasteiger partial charge is 0.220 e. The van der Waals surface area contributed by atoms with E-state index < -0.39 is 55.6 Å². The zero-order valence-corrected chi connectivity index (χ0v) is 41.2. The standard InChI is InChI=1S/C53H105NO9/c1-3-5-7-9-11-13-15-17-19-20-21-22-23-24-25-26-27-28-30-32-34-36-38-40-42-48(57)54-45(44-62-53-52(61)51(60)50(59)47(43-55)63-53)49(58)46(56)41-39-37-35-33-31-29-18-16-14-12-10-8-6-4-2/h45-47,49-53,55-56,58-61H,3-44H2,1-2H3,(H,54,57)/t45-,46+,47+,49-,50-,51?,52?,53+/m0/s1. The lowest BCUT2D eigenvalue weighted by Gasteiger charge is -2.40. The highest BCUT2D eigenvalue weighted by Gasteiger charge is 2.44. The summed E-state index contributed by atoms with van der Waals surface area (Å²) < 4.78 is 11.2. The van der Waals surface area contributed by atoms with Gasteiger partial charge in [0, 0.05) is 6.42 Å². The lowest BCUT2D eigenvalue weighted by Crippen LogP contribution is -2.60. The van der Waals surface area contributed by atoms with Gasteiger partial charge in [0.25, 0.3) is 0 Å². The maximum Gasteiger partial charge on any atom is 0.220 e. The Morgan fingerprint density at radius 2 is 0.825 bits per heavy atom. The SMILES string of the molecule is CCCCCCCCCCCCCCCCCCCCCCCCCCC(=O)N[C@@H](CO[C@@H]1O[C@H](CO)[C@H](O)C(O)C1O)[C@H](O)[C@H](O)CCCCCCCCCCCCCCCC. The molecular formula is C53H105NO9. The van der Waals surface area contributed by atoms with Gasteiger partial charge in [0.15, 0.2) is 6.29 Å². The number of aliphatic hydroxyl groups is 6. The van der Waals surface area contributed by atoms with Crippen molar-refractivity contribution in [3.05, 3.63) is 0 Å². The molecule has 0 aliphatic carbocycles. The van der Waals surface area contributed by atoms with Gasteiger partial charge in [0.2, 0.25) is 5.91 Å². The lowest BCUT2D eigenvalue weighted by atomic mass is 9.98. The third-order valence-corrected chi connectivity index (χ3v) is 13.6. The molecule has 0 aromatic carbocycles. The maximum absolute atomic E-state index is 13.1. The van der Waals surface area contributed by atoms with E-state index >= 15 is 0 Å². The fourth-order valence-electron chi connectivity index (χ4n) is 9.14. The quantitative estimate of drug-likeness (QED) is 0.0294. The minimum atomic E-state index is -1.60. The van der Waals surface area contributed by atoms with Crippen LogP contribution in [0.3, 0.4) is 0 Å². The Kier molecular flexibility index (Phi) is 41.7. The van der Waals surface area contributed by atoms with Crippen LogP contribution in [0.5, 0.6) is 0 Å². The Labute approximate surface area is 387 Å². The van der Waals surface area contributed by atoms with Crippen LogP contribution in [-0.2, 0) is 14.3 Å². The summed E-state index contributed by atoms with van der Waals surface area (Å²) in [5, 5.41) is 65.4. The van der Waals surface area contributed by atoms with Crippen LogP contribution in [0, 0.1) is 0 Å². The van der Waals surface area contributed by atoms with Crippen LogP contribution in [0.25, 0.3) is 0 Å². The largest absolute Gasteiger partial charge is 0.394 e. The van der Waals surface area contributed by atoms with Crippen molar-refractivity contribution < 1.29 is 44.9 Å². The molecule has 2 unspecified atom stereocenters. The highest BCUT2D eigenvalue weighted by molar-refractivity contribution is 5.76. The first-order chi connectivity index (χ1) is 30.8.